The summed E-state index contributed by atoms with van der Waals surface area (Å²) in [5, 5.41) is 3.61. The van der Waals surface area contributed by atoms with Gasteiger partial charge < -0.3 is 10.1 Å². The van der Waals surface area contributed by atoms with Gasteiger partial charge in [0.2, 0.25) is 0 Å². The number of para-hydroxylation sites is 1. The third-order valence-electron chi connectivity index (χ3n) is 3.94. The number of likely N-dealkylation sites (N-methyl/N-ethyl adjacent to an activating group) is 1. The first kappa shape index (κ1) is 11.8. The van der Waals surface area contributed by atoms with Crippen LogP contribution in [0.3, 0.4) is 0 Å². The molecule has 1 aromatic rings. The van der Waals surface area contributed by atoms with E-state index in [1.165, 1.54) is 24.8 Å². The highest BCUT2D eigenvalue weighted by Gasteiger charge is 2.32. The molecule has 0 spiro atoms. The topological polar surface area (TPSA) is 21.3 Å². The fourth-order valence-corrected chi connectivity index (χ4v) is 3.09. The van der Waals surface area contributed by atoms with Crippen molar-refractivity contribution in [1.29, 1.82) is 0 Å². The Morgan fingerprint density at radius 2 is 2.28 bits per heavy atom. The monoisotopic (exact) mass is 243 g/mol. The lowest BCUT2D eigenvalue weighted by Gasteiger charge is -2.25. The molecule has 0 amide bonds. The highest BCUT2D eigenvalue weighted by atomic mass is 16.5. The quantitative estimate of drug-likeness (QED) is 0.821. The van der Waals surface area contributed by atoms with Crippen molar-refractivity contribution in [2.75, 3.05) is 6.54 Å². The van der Waals surface area contributed by atoms with Crippen LogP contribution in [0.2, 0.25) is 0 Å². The minimum absolute atomic E-state index is 0.270. The zero-order chi connectivity index (χ0) is 12.4. The van der Waals surface area contributed by atoms with Crippen LogP contribution in [-0.2, 0) is 6.42 Å². The number of nitrogens with one attached hydrogen (secondary N) is 1. The third kappa shape index (κ3) is 2.17. The van der Waals surface area contributed by atoms with Crippen LogP contribution in [0, 0.1) is 0 Å². The van der Waals surface area contributed by atoms with Crippen molar-refractivity contribution < 1.29 is 4.74 Å². The highest BCUT2D eigenvalue weighted by molar-refractivity contribution is 5.38. The SMILES string of the molecule is CCNC(C1=CCCC1)C1Cc2ccccc2O1. The maximum absolute atomic E-state index is 6.13. The summed E-state index contributed by atoms with van der Waals surface area (Å²) in [5.41, 5.74) is 2.90. The Morgan fingerprint density at radius 1 is 1.39 bits per heavy atom. The van der Waals surface area contributed by atoms with Crippen LogP contribution < -0.4 is 10.1 Å². The van der Waals surface area contributed by atoms with E-state index in [1.807, 2.05) is 0 Å². The number of benzene rings is 1. The summed E-state index contributed by atoms with van der Waals surface area (Å²) in [6.45, 7) is 3.17. The van der Waals surface area contributed by atoms with Crippen LogP contribution in [0.1, 0.15) is 31.7 Å². The van der Waals surface area contributed by atoms with Crippen molar-refractivity contribution in [1.82, 2.24) is 5.32 Å². The molecule has 1 aliphatic carbocycles. The van der Waals surface area contributed by atoms with Crippen molar-refractivity contribution in [2.24, 2.45) is 0 Å². The summed E-state index contributed by atoms with van der Waals surface area (Å²) in [6, 6.07) is 8.81. The Hall–Kier alpha value is -1.28. The molecular weight excluding hydrogens is 222 g/mol. The van der Waals surface area contributed by atoms with Crippen LogP contribution in [0.5, 0.6) is 5.75 Å². The van der Waals surface area contributed by atoms with Crippen molar-refractivity contribution >= 4 is 0 Å². The zero-order valence-electron chi connectivity index (χ0n) is 11.0. The maximum Gasteiger partial charge on any atom is 0.123 e. The molecule has 96 valence electrons. The van der Waals surface area contributed by atoms with E-state index >= 15 is 0 Å². The van der Waals surface area contributed by atoms with E-state index in [9.17, 15) is 0 Å². The largest absolute Gasteiger partial charge is 0.488 e. The van der Waals surface area contributed by atoms with E-state index < -0.39 is 0 Å². The molecule has 0 saturated heterocycles. The molecule has 1 N–H and O–H groups in total. The summed E-state index contributed by atoms with van der Waals surface area (Å²) in [5.74, 6) is 1.07. The van der Waals surface area contributed by atoms with Gasteiger partial charge in [-0.15, -0.1) is 0 Å². The maximum atomic E-state index is 6.13. The average molecular weight is 243 g/mol. The van der Waals surface area contributed by atoms with Gasteiger partial charge in [-0.2, -0.15) is 0 Å². The molecule has 3 rings (SSSR count). The Kier molecular flexibility index (Phi) is 3.37. The lowest BCUT2D eigenvalue weighted by molar-refractivity contribution is 0.193. The standard InChI is InChI=1S/C16H21NO/c1-2-17-16(12-7-3-4-8-12)15-11-13-9-5-6-10-14(13)18-15/h5-7,9-10,15-17H,2-4,8,11H2,1H3. The molecule has 2 aliphatic rings. The van der Waals surface area contributed by atoms with Crippen LogP contribution in [0.25, 0.3) is 0 Å². The molecule has 2 nitrogen and oxygen atoms in total. The van der Waals surface area contributed by atoms with Gasteiger partial charge in [-0.05, 0) is 37.4 Å². The van der Waals surface area contributed by atoms with Crippen LogP contribution in [0.4, 0.5) is 0 Å². The van der Waals surface area contributed by atoms with Gasteiger partial charge in [-0.25, -0.2) is 0 Å². The van der Waals surface area contributed by atoms with E-state index in [2.05, 4.69) is 42.6 Å². The van der Waals surface area contributed by atoms with Gasteiger partial charge in [-0.1, -0.05) is 36.8 Å². The predicted molar refractivity (Wildman–Crippen MR) is 74.0 cm³/mol. The molecule has 2 atom stereocenters. The molecule has 2 unspecified atom stereocenters. The molecular formula is C16H21NO. The van der Waals surface area contributed by atoms with Crippen LogP contribution >= 0.6 is 0 Å². The van der Waals surface area contributed by atoms with Gasteiger partial charge in [0.05, 0.1) is 6.04 Å². The summed E-state index contributed by atoms with van der Waals surface area (Å²) in [4.78, 5) is 0. The Bertz CT molecular complexity index is 427. The number of ether oxygens (including phenoxy) is 1. The van der Waals surface area contributed by atoms with Crippen molar-refractivity contribution in [3.05, 3.63) is 41.5 Å². The highest BCUT2D eigenvalue weighted by Crippen LogP contribution is 2.33. The molecule has 18 heavy (non-hydrogen) atoms. The number of hydrogen-bond acceptors (Lipinski definition) is 2. The second-order valence-corrected chi connectivity index (χ2v) is 5.17. The summed E-state index contributed by atoms with van der Waals surface area (Å²) in [6.07, 6.45) is 7.47. The van der Waals surface area contributed by atoms with Gasteiger partial charge in [0, 0.05) is 6.42 Å². The van der Waals surface area contributed by atoms with Gasteiger partial charge >= 0.3 is 0 Å². The zero-order valence-corrected chi connectivity index (χ0v) is 11.0. The third-order valence-corrected chi connectivity index (χ3v) is 3.94. The first-order valence-electron chi connectivity index (χ1n) is 7.05. The van der Waals surface area contributed by atoms with E-state index in [0.29, 0.717) is 6.04 Å². The summed E-state index contributed by atoms with van der Waals surface area (Å²) in [7, 11) is 0. The van der Waals surface area contributed by atoms with Crippen LogP contribution in [-0.4, -0.2) is 18.7 Å². The van der Waals surface area contributed by atoms with Gasteiger partial charge in [0.25, 0.3) is 0 Å². The Morgan fingerprint density at radius 3 is 3.00 bits per heavy atom. The molecule has 2 heteroatoms. The van der Waals surface area contributed by atoms with Crippen molar-refractivity contribution in [2.45, 2.75) is 44.8 Å². The lowest BCUT2D eigenvalue weighted by Crippen LogP contribution is -2.43. The van der Waals surface area contributed by atoms with Crippen molar-refractivity contribution in [3.63, 3.8) is 0 Å². The van der Waals surface area contributed by atoms with Gasteiger partial charge in [-0.3, -0.25) is 0 Å². The fraction of sp³-hybridized carbons (Fsp3) is 0.500. The second-order valence-electron chi connectivity index (χ2n) is 5.17. The number of allylic oxidation sites excluding steroid dienone is 1. The molecule has 0 radical (unpaired) electrons. The van der Waals surface area contributed by atoms with E-state index in [1.54, 1.807) is 5.57 Å². The Balaban J connectivity index is 1.77. The average Bonchev–Trinajstić information content (AvgIpc) is 3.04. The van der Waals surface area contributed by atoms with Crippen molar-refractivity contribution in [3.8, 4) is 5.75 Å². The van der Waals surface area contributed by atoms with E-state index in [-0.39, 0.29) is 6.10 Å². The lowest BCUT2D eigenvalue weighted by atomic mass is 9.97. The molecule has 1 aromatic carbocycles. The minimum Gasteiger partial charge on any atom is -0.488 e. The first-order valence-corrected chi connectivity index (χ1v) is 7.05. The molecule has 0 aromatic heterocycles. The molecule has 0 fully saturated rings. The van der Waals surface area contributed by atoms with Gasteiger partial charge in [0.15, 0.2) is 0 Å². The smallest absolute Gasteiger partial charge is 0.123 e. The first-order chi connectivity index (χ1) is 8.88. The molecule has 1 heterocycles. The second kappa shape index (κ2) is 5.15. The molecule has 0 saturated carbocycles. The van der Waals surface area contributed by atoms with E-state index in [4.69, 9.17) is 4.74 Å². The Labute approximate surface area is 109 Å². The van der Waals surface area contributed by atoms with Crippen LogP contribution in [0.15, 0.2) is 35.9 Å². The van der Waals surface area contributed by atoms with Gasteiger partial charge in [0.1, 0.15) is 11.9 Å². The fourth-order valence-electron chi connectivity index (χ4n) is 3.09. The molecule has 0 bridgehead atoms. The summed E-state index contributed by atoms with van der Waals surface area (Å²) >= 11 is 0. The number of rotatable bonds is 4. The number of fused-ring (bicyclic) bond motifs is 1. The number of hydrogen-bond donors (Lipinski definition) is 1. The van der Waals surface area contributed by atoms with E-state index in [0.717, 1.165) is 18.7 Å². The molecule has 1 aliphatic heterocycles. The predicted octanol–water partition coefficient (Wildman–Crippen LogP) is 3.08. The minimum atomic E-state index is 0.270. The summed E-state index contributed by atoms with van der Waals surface area (Å²) < 4.78 is 6.13. The normalized spacial score (nSPS) is 23.4.